The average Bonchev–Trinajstić information content (AvgIpc) is 3.42. The molecular weight excluding hydrogens is 737 g/mol. The van der Waals surface area contributed by atoms with Gasteiger partial charge in [0.2, 0.25) is 15.9 Å². The number of carboxylic acids is 1. The number of rotatable bonds is 11. The molecule has 1 saturated carbocycles. The van der Waals surface area contributed by atoms with Crippen LogP contribution in [0.4, 0.5) is 22.0 Å². The molecule has 3 atom stereocenters. The molecule has 294 valence electrons. The number of carbonyl (C=O) groups is 2. The average molecular weight is 782 g/mol. The number of fused-ring (bicyclic) bond motifs is 2. The number of halogens is 5. The van der Waals surface area contributed by atoms with E-state index >= 15 is 8.78 Å². The van der Waals surface area contributed by atoms with Crippen LogP contribution in [0.15, 0.2) is 83.8 Å². The van der Waals surface area contributed by atoms with Crippen LogP contribution < -0.4 is 15.2 Å². The minimum atomic E-state index is -5.08. The molecular formula is C38H44F5N3O7S. The third-order valence-corrected chi connectivity index (χ3v) is 12.0. The van der Waals surface area contributed by atoms with Crippen LogP contribution in [-0.2, 0) is 25.5 Å². The number of ether oxygens (including phenoxy) is 2. The van der Waals surface area contributed by atoms with Gasteiger partial charge in [-0.3, -0.25) is 4.79 Å². The first-order valence-electron chi connectivity index (χ1n) is 17.8. The van der Waals surface area contributed by atoms with Gasteiger partial charge in [0.15, 0.2) is 6.04 Å². The zero-order valence-corrected chi connectivity index (χ0v) is 30.4. The maximum atomic E-state index is 16.7. The fraction of sp³-hybridized carbons (Fsp3) is 0.474. The number of alkyl halides is 5. The second-order valence-electron chi connectivity index (χ2n) is 13.9. The zero-order valence-electron chi connectivity index (χ0n) is 29.6. The first kappa shape index (κ1) is 40.9. The lowest BCUT2D eigenvalue weighted by atomic mass is 9.90. The van der Waals surface area contributed by atoms with Crippen LogP contribution in [0, 0.1) is 5.92 Å². The standard InChI is InChI=1S/C36H43F2N3O5S.C2HF3O2/c1-40(47(43,44)33-20-18-30(19-21-33)45-24-25-8-4-2-5-9-25)34(35(42)41-28-14-15-29(41)23-27(39)22-28)36(37,38)26-12-16-32(17-13-26)46-31-10-6-3-7-11-31;3-2(4,5)1(6)7/h3,6-7,10-13,16-21,25,27-29,34H,2,4-5,8-9,14-15,22-24,39H2,1H3;(H,6,7)/t27?,28?,29?,34-;/m1./s1. The number of likely N-dealkylation sites (N-methyl/N-ethyl adjacent to an activating group) is 1. The highest BCUT2D eigenvalue weighted by molar-refractivity contribution is 7.89. The van der Waals surface area contributed by atoms with E-state index in [-0.39, 0.29) is 23.0 Å². The fourth-order valence-corrected chi connectivity index (χ4v) is 8.68. The smallest absolute Gasteiger partial charge is 0.490 e. The number of nitrogens with zero attached hydrogens (tertiary/aromatic N) is 2. The van der Waals surface area contributed by atoms with E-state index in [0.29, 0.717) is 59.8 Å². The molecule has 3 aromatic carbocycles. The summed E-state index contributed by atoms with van der Waals surface area (Å²) in [5.74, 6) is -5.72. The van der Waals surface area contributed by atoms with Gasteiger partial charge in [-0.15, -0.1) is 0 Å². The fourth-order valence-electron chi connectivity index (χ4n) is 7.37. The summed E-state index contributed by atoms with van der Waals surface area (Å²) >= 11 is 0. The van der Waals surface area contributed by atoms with Gasteiger partial charge in [-0.05, 0) is 105 Å². The van der Waals surface area contributed by atoms with E-state index in [1.807, 2.05) is 6.07 Å². The van der Waals surface area contributed by atoms with E-state index in [0.717, 1.165) is 19.9 Å². The molecule has 6 rings (SSSR count). The van der Waals surface area contributed by atoms with E-state index in [2.05, 4.69) is 0 Å². The van der Waals surface area contributed by atoms with Crippen LogP contribution in [0.3, 0.4) is 0 Å². The Hall–Kier alpha value is -4.28. The van der Waals surface area contributed by atoms with Gasteiger partial charge in [0.05, 0.1) is 11.5 Å². The largest absolute Gasteiger partial charge is 0.493 e. The molecule has 2 unspecified atom stereocenters. The topological polar surface area (TPSA) is 139 Å². The van der Waals surface area contributed by atoms with Crippen molar-refractivity contribution >= 4 is 21.9 Å². The Balaban J connectivity index is 0.000000730. The normalized spacial score (nSPS) is 21.2. The number of piperidine rings is 1. The molecule has 0 radical (unpaired) electrons. The summed E-state index contributed by atoms with van der Waals surface area (Å²) in [5, 5.41) is 7.12. The quantitative estimate of drug-likeness (QED) is 0.193. The molecule has 0 spiro atoms. The number of amides is 1. The van der Waals surface area contributed by atoms with Crippen LogP contribution in [0.25, 0.3) is 0 Å². The highest BCUT2D eigenvalue weighted by atomic mass is 32.2. The number of para-hydroxylation sites is 1. The third kappa shape index (κ3) is 9.68. The van der Waals surface area contributed by atoms with Crippen LogP contribution in [0.2, 0.25) is 0 Å². The van der Waals surface area contributed by atoms with Crippen LogP contribution >= 0.6 is 0 Å². The van der Waals surface area contributed by atoms with Crippen LogP contribution in [-0.4, -0.2) is 78.6 Å². The number of nitrogens with two attached hydrogens (primary N) is 1. The van der Waals surface area contributed by atoms with Gasteiger partial charge in [0.1, 0.15) is 17.2 Å². The van der Waals surface area contributed by atoms with Crippen LogP contribution in [0.1, 0.15) is 63.4 Å². The van der Waals surface area contributed by atoms with Gasteiger partial charge in [0.25, 0.3) is 5.92 Å². The molecule has 3 fully saturated rings. The van der Waals surface area contributed by atoms with Gasteiger partial charge >= 0.3 is 12.1 Å². The van der Waals surface area contributed by atoms with Crippen LogP contribution in [0.5, 0.6) is 17.2 Å². The van der Waals surface area contributed by atoms with E-state index in [1.54, 1.807) is 24.3 Å². The Kier molecular flexibility index (Phi) is 12.9. The monoisotopic (exact) mass is 781 g/mol. The van der Waals surface area contributed by atoms with Gasteiger partial charge in [0, 0.05) is 30.7 Å². The van der Waals surface area contributed by atoms with E-state index in [4.69, 9.17) is 25.1 Å². The van der Waals surface area contributed by atoms with E-state index in [9.17, 15) is 26.4 Å². The Bertz CT molecular complexity index is 1810. The Morgan fingerprint density at radius 2 is 1.35 bits per heavy atom. The summed E-state index contributed by atoms with van der Waals surface area (Å²) in [7, 11) is -3.48. The molecule has 10 nitrogen and oxygen atoms in total. The van der Waals surface area contributed by atoms with Gasteiger partial charge < -0.3 is 25.2 Å². The molecule has 3 N–H and O–H groups in total. The minimum Gasteiger partial charge on any atom is -0.493 e. The number of hydrogen-bond acceptors (Lipinski definition) is 7. The van der Waals surface area contributed by atoms with Gasteiger partial charge in [-0.2, -0.15) is 26.3 Å². The number of hydrogen-bond donors (Lipinski definition) is 2. The molecule has 1 amide bonds. The van der Waals surface area contributed by atoms with Gasteiger partial charge in [-0.1, -0.05) is 37.5 Å². The second-order valence-corrected chi connectivity index (χ2v) is 15.9. The lowest BCUT2D eigenvalue weighted by molar-refractivity contribution is -0.192. The molecule has 3 aromatic rings. The van der Waals surface area contributed by atoms with Crippen molar-refractivity contribution in [2.24, 2.45) is 11.7 Å². The predicted octanol–water partition coefficient (Wildman–Crippen LogP) is 7.33. The number of benzene rings is 3. The minimum absolute atomic E-state index is 0.132. The van der Waals surface area contributed by atoms with Crippen molar-refractivity contribution in [1.29, 1.82) is 0 Å². The summed E-state index contributed by atoms with van der Waals surface area (Å²) < 4.78 is 105. The molecule has 2 heterocycles. The molecule has 2 bridgehead atoms. The predicted molar refractivity (Wildman–Crippen MR) is 189 cm³/mol. The number of sulfonamides is 1. The van der Waals surface area contributed by atoms with Crippen molar-refractivity contribution in [3.63, 3.8) is 0 Å². The van der Waals surface area contributed by atoms with Crippen molar-refractivity contribution in [3.8, 4) is 17.2 Å². The maximum absolute atomic E-state index is 16.7. The molecule has 3 aliphatic rings. The van der Waals surface area contributed by atoms with Crippen molar-refractivity contribution in [3.05, 3.63) is 84.4 Å². The molecule has 0 aromatic heterocycles. The van der Waals surface area contributed by atoms with E-state index in [1.165, 1.54) is 72.7 Å². The van der Waals surface area contributed by atoms with Crippen molar-refractivity contribution in [2.75, 3.05) is 13.7 Å². The maximum Gasteiger partial charge on any atom is 0.490 e. The first-order valence-corrected chi connectivity index (χ1v) is 19.2. The Labute approximate surface area is 311 Å². The SMILES string of the molecule is CN([C@H](C(=O)N1C2CCC1CC(N)C2)C(F)(F)c1ccc(Oc2ccccc2)cc1)S(=O)(=O)c1ccc(OCC2CCCCC2)cc1.O=C(O)C(F)(F)F. The Morgan fingerprint density at radius 3 is 1.89 bits per heavy atom. The van der Waals surface area contributed by atoms with E-state index < -0.39 is 45.6 Å². The summed E-state index contributed by atoms with van der Waals surface area (Å²) in [6.45, 7) is 0.547. The molecule has 54 heavy (non-hydrogen) atoms. The van der Waals surface area contributed by atoms with Crippen molar-refractivity contribution in [1.82, 2.24) is 9.21 Å². The third-order valence-electron chi connectivity index (χ3n) is 10.1. The molecule has 1 aliphatic carbocycles. The summed E-state index contributed by atoms with van der Waals surface area (Å²) in [4.78, 5) is 24.4. The van der Waals surface area contributed by atoms with Gasteiger partial charge in [-0.25, -0.2) is 13.2 Å². The lowest BCUT2D eigenvalue weighted by Gasteiger charge is -2.42. The summed E-state index contributed by atoms with van der Waals surface area (Å²) in [5.41, 5.74) is 5.71. The zero-order chi connectivity index (χ0) is 39.3. The molecule has 2 aliphatic heterocycles. The number of carboxylic acid groups (broad SMARTS) is 1. The highest BCUT2D eigenvalue weighted by Gasteiger charge is 2.56. The first-order chi connectivity index (χ1) is 25.5. The summed E-state index contributed by atoms with van der Waals surface area (Å²) in [6, 6.07) is 16.7. The Morgan fingerprint density at radius 1 is 0.833 bits per heavy atom. The second kappa shape index (κ2) is 17.0. The van der Waals surface area contributed by atoms with Crippen molar-refractivity contribution < 1.29 is 54.5 Å². The number of aliphatic carboxylic acids is 1. The molecule has 2 saturated heterocycles. The molecule has 16 heteroatoms. The summed E-state index contributed by atoms with van der Waals surface area (Å²) in [6.07, 6.45) is 3.00. The lowest BCUT2D eigenvalue weighted by Crippen LogP contribution is -2.61. The highest BCUT2D eigenvalue weighted by Crippen LogP contribution is 2.42. The van der Waals surface area contributed by atoms with Crippen molar-refractivity contribution in [2.45, 2.75) is 98.9 Å². The number of carbonyl (C=O) groups excluding carboxylic acids is 1.